The lowest BCUT2D eigenvalue weighted by Crippen LogP contribution is -2.53. The van der Waals surface area contributed by atoms with Gasteiger partial charge in [-0.3, -0.25) is 4.90 Å². The van der Waals surface area contributed by atoms with E-state index in [0.717, 1.165) is 0 Å². The molecule has 0 unspecified atom stereocenters. The Morgan fingerprint density at radius 3 is 1.41 bits per heavy atom. The maximum Gasteiger partial charge on any atom is 0.0130 e. The van der Waals surface area contributed by atoms with Crippen molar-refractivity contribution in [1.29, 1.82) is 0 Å². The molecule has 0 amide bonds. The highest BCUT2D eigenvalue weighted by Crippen LogP contribution is 2.24. The fraction of sp³-hybridized carbons (Fsp3) is 1.00. The van der Waals surface area contributed by atoms with Crippen molar-refractivity contribution in [1.82, 2.24) is 9.80 Å². The Morgan fingerprint density at radius 2 is 1.12 bits per heavy atom. The minimum atomic E-state index is 0.251. The summed E-state index contributed by atoms with van der Waals surface area (Å²) in [5.74, 6) is 0. The first-order valence-corrected chi connectivity index (χ1v) is 7.13. The third kappa shape index (κ3) is 6.42. The van der Waals surface area contributed by atoms with Crippen molar-refractivity contribution in [3.05, 3.63) is 0 Å². The molecule has 0 rings (SSSR count). The van der Waals surface area contributed by atoms with Crippen molar-refractivity contribution in [2.24, 2.45) is 0 Å². The first-order valence-electron chi connectivity index (χ1n) is 7.13. The lowest BCUT2D eigenvalue weighted by Gasteiger charge is -2.45. The zero-order chi connectivity index (χ0) is 13.7. The van der Waals surface area contributed by atoms with E-state index in [-0.39, 0.29) is 11.1 Å². The van der Waals surface area contributed by atoms with E-state index < -0.39 is 0 Å². The standard InChI is InChI=1S/C15H34N2/c1-9-16(10-2)12-11-13-17(14(3,4)5)15(6,7)8/h9-13H2,1-8H3. The Morgan fingerprint density at radius 1 is 0.706 bits per heavy atom. The van der Waals surface area contributed by atoms with Crippen LogP contribution in [0.25, 0.3) is 0 Å². The zero-order valence-corrected chi connectivity index (χ0v) is 13.4. The summed E-state index contributed by atoms with van der Waals surface area (Å²) in [6, 6.07) is 0. The fourth-order valence-electron chi connectivity index (χ4n) is 2.67. The molecule has 0 aliphatic rings. The van der Waals surface area contributed by atoms with E-state index in [1.54, 1.807) is 0 Å². The van der Waals surface area contributed by atoms with Gasteiger partial charge in [0, 0.05) is 17.6 Å². The molecule has 0 atom stereocenters. The van der Waals surface area contributed by atoms with E-state index in [2.05, 4.69) is 65.2 Å². The number of rotatable bonds is 6. The van der Waals surface area contributed by atoms with Crippen LogP contribution in [0.2, 0.25) is 0 Å². The van der Waals surface area contributed by atoms with Gasteiger partial charge in [-0.05, 0) is 67.6 Å². The maximum absolute atomic E-state index is 2.61. The Bertz CT molecular complexity index is 180. The summed E-state index contributed by atoms with van der Waals surface area (Å²) in [6.45, 7) is 23.1. The van der Waals surface area contributed by atoms with Crippen LogP contribution in [0.3, 0.4) is 0 Å². The Hall–Kier alpha value is -0.0800. The molecule has 0 aromatic heterocycles. The molecule has 0 N–H and O–H groups in total. The van der Waals surface area contributed by atoms with Crippen molar-refractivity contribution < 1.29 is 0 Å². The van der Waals surface area contributed by atoms with Crippen LogP contribution in [-0.4, -0.2) is 47.1 Å². The van der Waals surface area contributed by atoms with Crippen molar-refractivity contribution in [3.8, 4) is 0 Å². The molecule has 0 saturated carbocycles. The van der Waals surface area contributed by atoms with Gasteiger partial charge in [0.25, 0.3) is 0 Å². The lowest BCUT2D eigenvalue weighted by molar-refractivity contribution is 0.0347. The highest BCUT2D eigenvalue weighted by Gasteiger charge is 2.30. The average Bonchev–Trinajstić information content (AvgIpc) is 2.14. The predicted molar refractivity (Wildman–Crippen MR) is 78.6 cm³/mol. The molecule has 0 aliphatic carbocycles. The molecule has 0 aromatic carbocycles. The van der Waals surface area contributed by atoms with Crippen LogP contribution in [-0.2, 0) is 0 Å². The molecule has 0 spiro atoms. The van der Waals surface area contributed by atoms with Gasteiger partial charge in [-0.1, -0.05) is 13.8 Å². The average molecular weight is 242 g/mol. The first-order chi connectivity index (χ1) is 7.62. The molecule has 0 fully saturated rings. The van der Waals surface area contributed by atoms with E-state index >= 15 is 0 Å². The van der Waals surface area contributed by atoms with Gasteiger partial charge in [-0.25, -0.2) is 0 Å². The Labute approximate surface area is 109 Å². The Kier molecular flexibility index (Phi) is 6.71. The lowest BCUT2D eigenvalue weighted by atomic mass is 9.95. The van der Waals surface area contributed by atoms with Gasteiger partial charge < -0.3 is 4.90 Å². The van der Waals surface area contributed by atoms with Gasteiger partial charge in [0.2, 0.25) is 0 Å². The molecule has 17 heavy (non-hydrogen) atoms. The van der Waals surface area contributed by atoms with Gasteiger partial charge in [-0.15, -0.1) is 0 Å². The predicted octanol–water partition coefficient (Wildman–Crippen LogP) is 3.62. The molecular formula is C15H34N2. The monoisotopic (exact) mass is 242 g/mol. The maximum atomic E-state index is 2.61. The first kappa shape index (κ1) is 16.9. The summed E-state index contributed by atoms with van der Waals surface area (Å²) >= 11 is 0. The SMILES string of the molecule is CCN(CC)CCCN(C(C)(C)C)C(C)(C)C. The van der Waals surface area contributed by atoms with Crippen molar-refractivity contribution in [2.75, 3.05) is 26.2 Å². The van der Waals surface area contributed by atoms with E-state index in [0.29, 0.717) is 0 Å². The summed E-state index contributed by atoms with van der Waals surface area (Å²) < 4.78 is 0. The van der Waals surface area contributed by atoms with Crippen LogP contribution in [0.5, 0.6) is 0 Å². The highest BCUT2D eigenvalue weighted by atomic mass is 15.2. The zero-order valence-electron chi connectivity index (χ0n) is 13.4. The van der Waals surface area contributed by atoms with Crippen LogP contribution >= 0.6 is 0 Å². The third-order valence-corrected chi connectivity index (χ3v) is 3.37. The highest BCUT2D eigenvalue weighted by molar-refractivity contribution is 4.86. The molecular weight excluding hydrogens is 208 g/mol. The molecule has 0 bridgehead atoms. The Balaban J connectivity index is 4.30. The van der Waals surface area contributed by atoms with Crippen LogP contribution in [0.4, 0.5) is 0 Å². The second-order valence-electron chi connectivity index (χ2n) is 6.87. The fourth-order valence-corrected chi connectivity index (χ4v) is 2.67. The largest absolute Gasteiger partial charge is 0.304 e. The summed E-state index contributed by atoms with van der Waals surface area (Å²) in [6.07, 6.45) is 1.26. The van der Waals surface area contributed by atoms with Crippen molar-refractivity contribution in [2.45, 2.75) is 72.9 Å². The molecule has 0 heterocycles. The van der Waals surface area contributed by atoms with E-state index in [1.807, 2.05) is 0 Å². The third-order valence-electron chi connectivity index (χ3n) is 3.37. The summed E-state index contributed by atoms with van der Waals surface area (Å²) in [5.41, 5.74) is 0.503. The molecule has 2 nitrogen and oxygen atoms in total. The quantitative estimate of drug-likeness (QED) is 0.702. The molecule has 104 valence electrons. The van der Waals surface area contributed by atoms with Gasteiger partial charge in [0.15, 0.2) is 0 Å². The minimum Gasteiger partial charge on any atom is -0.304 e. The molecule has 0 radical (unpaired) electrons. The van der Waals surface area contributed by atoms with Crippen LogP contribution in [0, 0.1) is 0 Å². The summed E-state index contributed by atoms with van der Waals surface area (Å²) in [7, 11) is 0. The summed E-state index contributed by atoms with van der Waals surface area (Å²) in [4.78, 5) is 5.12. The van der Waals surface area contributed by atoms with Gasteiger partial charge >= 0.3 is 0 Å². The molecule has 2 heteroatoms. The van der Waals surface area contributed by atoms with Crippen molar-refractivity contribution >= 4 is 0 Å². The van der Waals surface area contributed by atoms with Crippen molar-refractivity contribution in [3.63, 3.8) is 0 Å². The van der Waals surface area contributed by atoms with Gasteiger partial charge in [0.05, 0.1) is 0 Å². The van der Waals surface area contributed by atoms with Crippen LogP contribution in [0.15, 0.2) is 0 Å². The second-order valence-corrected chi connectivity index (χ2v) is 6.87. The molecule has 0 aromatic rings. The van der Waals surface area contributed by atoms with Gasteiger partial charge in [-0.2, -0.15) is 0 Å². The smallest absolute Gasteiger partial charge is 0.0130 e. The molecule has 0 saturated heterocycles. The number of nitrogens with zero attached hydrogens (tertiary/aromatic N) is 2. The minimum absolute atomic E-state index is 0.251. The van der Waals surface area contributed by atoms with Gasteiger partial charge in [0.1, 0.15) is 0 Å². The normalized spacial score (nSPS) is 13.8. The molecule has 0 aliphatic heterocycles. The number of hydrogen-bond acceptors (Lipinski definition) is 2. The van der Waals surface area contributed by atoms with Crippen LogP contribution < -0.4 is 0 Å². The van der Waals surface area contributed by atoms with E-state index in [1.165, 1.54) is 32.6 Å². The second kappa shape index (κ2) is 6.75. The van der Waals surface area contributed by atoms with E-state index in [4.69, 9.17) is 0 Å². The van der Waals surface area contributed by atoms with E-state index in [9.17, 15) is 0 Å². The summed E-state index contributed by atoms with van der Waals surface area (Å²) in [5, 5.41) is 0. The number of hydrogen-bond donors (Lipinski definition) is 0. The van der Waals surface area contributed by atoms with Crippen LogP contribution in [0.1, 0.15) is 61.8 Å². The topological polar surface area (TPSA) is 6.48 Å².